The van der Waals surface area contributed by atoms with Gasteiger partial charge in [0.25, 0.3) is 0 Å². The molecule has 1 amide bonds. The van der Waals surface area contributed by atoms with Gasteiger partial charge in [0.2, 0.25) is 5.91 Å². The zero-order valence-corrected chi connectivity index (χ0v) is 5.74. The smallest absolute Gasteiger partial charge is 0.344 e. The van der Waals surface area contributed by atoms with Crippen LogP contribution in [0.4, 0.5) is 13.2 Å². The summed E-state index contributed by atoms with van der Waals surface area (Å²) in [5, 5.41) is 1.89. The molecule has 64 valence electrons. The highest BCUT2D eigenvalue weighted by molar-refractivity contribution is 5.77. The lowest BCUT2D eigenvalue weighted by molar-refractivity contribution is -0.166. The van der Waals surface area contributed by atoms with Crippen LogP contribution in [0, 0.1) is 0 Å². The van der Waals surface area contributed by atoms with E-state index in [4.69, 9.17) is 0 Å². The maximum atomic E-state index is 11.9. The molecule has 0 aromatic heterocycles. The maximum Gasteiger partial charge on any atom is 0.408 e. The molecule has 1 aliphatic heterocycles. The lowest BCUT2D eigenvalue weighted by Gasteiger charge is -2.25. The molecule has 2 nitrogen and oxygen atoms in total. The lowest BCUT2D eigenvalue weighted by atomic mass is 10.0. The van der Waals surface area contributed by atoms with Crippen molar-refractivity contribution in [3.8, 4) is 0 Å². The molecular weight excluding hydrogens is 159 g/mol. The minimum Gasteiger partial charge on any atom is -0.344 e. The summed E-state index contributed by atoms with van der Waals surface area (Å²) < 4.78 is 35.7. The van der Waals surface area contributed by atoms with Crippen molar-refractivity contribution < 1.29 is 18.0 Å². The van der Waals surface area contributed by atoms with Crippen LogP contribution in [0.3, 0.4) is 0 Å². The quantitative estimate of drug-likeness (QED) is 0.577. The topological polar surface area (TPSA) is 29.1 Å². The first-order valence-corrected chi connectivity index (χ1v) is 3.36. The molecule has 0 radical (unpaired) electrons. The maximum absolute atomic E-state index is 11.9. The van der Waals surface area contributed by atoms with Crippen LogP contribution in [-0.2, 0) is 4.79 Å². The molecule has 0 bridgehead atoms. The van der Waals surface area contributed by atoms with E-state index in [0.717, 1.165) is 0 Å². The van der Waals surface area contributed by atoms with Gasteiger partial charge in [-0.2, -0.15) is 13.2 Å². The Morgan fingerprint density at radius 2 is 2.09 bits per heavy atom. The molecule has 11 heavy (non-hydrogen) atoms. The molecule has 5 heteroatoms. The summed E-state index contributed by atoms with van der Waals surface area (Å²) in [5.41, 5.74) is 0. The van der Waals surface area contributed by atoms with E-state index in [2.05, 4.69) is 0 Å². The molecule has 0 unspecified atom stereocenters. The Bertz CT molecular complexity index is 166. The predicted molar refractivity (Wildman–Crippen MR) is 31.8 cm³/mol. The first-order chi connectivity index (χ1) is 5.00. The number of carbonyl (C=O) groups is 1. The first-order valence-electron chi connectivity index (χ1n) is 3.36. The van der Waals surface area contributed by atoms with Crippen molar-refractivity contribution in [2.24, 2.45) is 0 Å². The second-order valence-corrected chi connectivity index (χ2v) is 2.55. The van der Waals surface area contributed by atoms with Gasteiger partial charge in [-0.15, -0.1) is 0 Å². The molecule has 1 atom stereocenters. The Morgan fingerprint density at radius 1 is 1.45 bits per heavy atom. The van der Waals surface area contributed by atoms with Gasteiger partial charge in [0, 0.05) is 6.42 Å². The van der Waals surface area contributed by atoms with Crippen LogP contribution in [0.1, 0.15) is 19.3 Å². The highest BCUT2D eigenvalue weighted by Crippen LogP contribution is 2.26. The van der Waals surface area contributed by atoms with Crippen molar-refractivity contribution >= 4 is 5.91 Å². The van der Waals surface area contributed by atoms with Crippen molar-refractivity contribution in [1.29, 1.82) is 0 Å². The summed E-state index contributed by atoms with van der Waals surface area (Å²) in [6.45, 7) is 0. The molecule has 1 saturated heterocycles. The van der Waals surface area contributed by atoms with Crippen LogP contribution in [0.15, 0.2) is 0 Å². The molecule has 0 aromatic rings. The number of piperidine rings is 1. The highest BCUT2D eigenvalue weighted by Gasteiger charge is 2.41. The van der Waals surface area contributed by atoms with Gasteiger partial charge in [-0.25, -0.2) is 0 Å². The summed E-state index contributed by atoms with van der Waals surface area (Å²) in [6.07, 6.45) is -3.73. The molecule has 1 rings (SSSR count). The number of alkyl halides is 3. The van der Waals surface area contributed by atoms with E-state index in [-0.39, 0.29) is 12.8 Å². The molecule has 1 heterocycles. The predicted octanol–water partition coefficient (Wildman–Crippen LogP) is 1.22. The first kappa shape index (κ1) is 8.36. The fourth-order valence-electron chi connectivity index (χ4n) is 1.05. The average molecular weight is 167 g/mol. The number of nitrogens with one attached hydrogen (secondary N) is 1. The van der Waals surface area contributed by atoms with Crippen molar-refractivity contribution in [3.05, 3.63) is 0 Å². The minimum absolute atomic E-state index is 0.00917. The molecule has 0 spiro atoms. The monoisotopic (exact) mass is 167 g/mol. The van der Waals surface area contributed by atoms with Gasteiger partial charge in [-0.3, -0.25) is 4.79 Å². The third-order valence-corrected chi connectivity index (χ3v) is 1.63. The van der Waals surface area contributed by atoms with E-state index in [9.17, 15) is 18.0 Å². The number of hydrogen-bond donors (Lipinski definition) is 1. The molecule has 1 N–H and O–H groups in total. The lowest BCUT2D eigenvalue weighted by Crippen LogP contribution is -2.47. The van der Waals surface area contributed by atoms with Gasteiger partial charge in [-0.05, 0) is 12.8 Å². The van der Waals surface area contributed by atoms with Gasteiger partial charge in [-0.1, -0.05) is 0 Å². The van der Waals surface area contributed by atoms with E-state index in [1.54, 1.807) is 0 Å². The zero-order valence-electron chi connectivity index (χ0n) is 5.74. The standard InChI is InChI=1S/C6H8F3NO/c7-6(8,9)4-2-1-3-5(11)10-4/h4H,1-3H2,(H,10,11)/t4-/m0/s1. The molecule has 0 aliphatic carbocycles. The van der Waals surface area contributed by atoms with Crippen LogP contribution in [0.25, 0.3) is 0 Å². The van der Waals surface area contributed by atoms with Crippen LogP contribution in [-0.4, -0.2) is 18.1 Å². The Balaban J connectivity index is 2.53. The highest BCUT2D eigenvalue weighted by atomic mass is 19.4. The summed E-state index contributed by atoms with van der Waals surface area (Å²) >= 11 is 0. The second kappa shape index (κ2) is 2.71. The Kier molecular flexibility index (Phi) is 2.06. The van der Waals surface area contributed by atoms with Crippen LogP contribution in [0.5, 0.6) is 0 Å². The number of amides is 1. The SMILES string of the molecule is O=C1CCC[C@@H](C(F)(F)F)N1. The van der Waals surface area contributed by atoms with Gasteiger partial charge in [0.1, 0.15) is 6.04 Å². The van der Waals surface area contributed by atoms with Crippen molar-refractivity contribution in [2.45, 2.75) is 31.5 Å². The molecule has 0 saturated carbocycles. The summed E-state index contributed by atoms with van der Waals surface area (Å²) in [5.74, 6) is -0.501. The number of carbonyl (C=O) groups excluding carboxylic acids is 1. The summed E-state index contributed by atoms with van der Waals surface area (Å²) in [6, 6.07) is -1.62. The molecule has 0 aromatic carbocycles. The van der Waals surface area contributed by atoms with Gasteiger partial charge in [0.15, 0.2) is 0 Å². The van der Waals surface area contributed by atoms with Crippen molar-refractivity contribution in [2.75, 3.05) is 0 Å². The Hall–Kier alpha value is -0.740. The van der Waals surface area contributed by atoms with Gasteiger partial charge >= 0.3 is 6.18 Å². The summed E-state index contributed by atoms with van der Waals surface area (Å²) in [4.78, 5) is 10.5. The van der Waals surface area contributed by atoms with Crippen molar-refractivity contribution in [3.63, 3.8) is 0 Å². The molecule has 1 fully saturated rings. The normalized spacial score (nSPS) is 26.5. The minimum atomic E-state index is -4.28. The van der Waals surface area contributed by atoms with Gasteiger partial charge < -0.3 is 5.32 Å². The zero-order chi connectivity index (χ0) is 8.48. The summed E-state index contributed by atoms with van der Waals surface area (Å²) in [7, 11) is 0. The Labute approximate surface area is 61.8 Å². The van der Waals surface area contributed by atoms with Gasteiger partial charge in [0.05, 0.1) is 0 Å². The van der Waals surface area contributed by atoms with Crippen molar-refractivity contribution in [1.82, 2.24) is 5.32 Å². The second-order valence-electron chi connectivity index (χ2n) is 2.55. The third-order valence-electron chi connectivity index (χ3n) is 1.63. The molecular formula is C6H8F3NO. The fourth-order valence-corrected chi connectivity index (χ4v) is 1.05. The molecule has 1 aliphatic rings. The van der Waals surface area contributed by atoms with Crippen LogP contribution < -0.4 is 5.32 Å². The van der Waals surface area contributed by atoms with E-state index in [1.807, 2.05) is 5.32 Å². The largest absolute Gasteiger partial charge is 0.408 e. The number of rotatable bonds is 0. The van der Waals surface area contributed by atoms with E-state index >= 15 is 0 Å². The van der Waals surface area contributed by atoms with E-state index < -0.39 is 18.1 Å². The van der Waals surface area contributed by atoms with E-state index in [1.165, 1.54) is 0 Å². The van der Waals surface area contributed by atoms with Crippen LogP contribution >= 0.6 is 0 Å². The number of hydrogen-bond acceptors (Lipinski definition) is 1. The Morgan fingerprint density at radius 3 is 2.45 bits per heavy atom. The number of halogens is 3. The third kappa shape index (κ3) is 2.10. The fraction of sp³-hybridized carbons (Fsp3) is 0.833. The average Bonchev–Trinajstić information content (AvgIpc) is 1.86. The van der Waals surface area contributed by atoms with E-state index in [0.29, 0.717) is 6.42 Å². The van der Waals surface area contributed by atoms with Crippen LogP contribution in [0.2, 0.25) is 0 Å².